The predicted molar refractivity (Wildman–Crippen MR) is 103 cm³/mol. The Bertz CT molecular complexity index is 985. The van der Waals surface area contributed by atoms with E-state index >= 15 is 0 Å². The van der Waals surface area contributed by atoms with Gasteiger partial charge in [0.25, 0.3) is 0 Å². The highest BCUT2D eigenvalue weighted by Crippen LogP contribution is 2.37. The van der Waals surface area contributed by atoms with Gasteiger partial charge in [0.05, 0.1) is 32.1 Å². The Morgan fingerprint density at radius 2 is 1.79 bits per heavy atom. The third-order valence-corrected chi connectivity index (χ3v) is 5.18. The van der Waals surface area contributed by atoms with Crippen LogP contribution in [0.3, 0.4) is 0 Å². The van der Waals surface area contributed by atoms with Gasteiger partial charge in [-0.05, 0) is 52.4 Å². The van der Waals surface area contributed by atoms with E-state index in [0.29, 0.717) is 13.2 Å². The minimum atomic E-state index is -0.148. The number of hydrogen-bond acceptors (Lipinski definition) is 8. The minimum Gasteiger partial charge on any atom is -0.497 e. The maximum atomic E-state index is 5.60. The van der Waals surface area contributed by atoms with Crippen molar-refractivity contribution in [2.24, 2.45) is 0 Å². The molecule has 29 heavy (non-hydrogen) atoms. The molecule has 9 heteroatoms. The third kappa shape index (κ3) is 3.39. The van der Waals surface area contributed by atoms with E-state index in [1.807, 2.05) is 42.5 Å². The Labute approximate surface area is 167 Å². The lowest BCUT2D eigenvalue weighted by Crippen LogP contribution is -2.40. The van der Waals surface area contributed by atoms with Crippen molar-refractivity contribution in [1.29, 1.82) is 0 Å². The molecule has 1 atom stereocenters. The molecule has 2 aliphatic heterocycles. The van der Waals surface area contributed by atoms with E-state index in [4.69, 9.17) is 18.9 Å². The second-order valence-electron chi connectivity index (χ2n) is 6.81. The molecule has 3 aromatic rings. The van der Waals surface area contributed by atoms with E-state index in [9.17, 15) is 0 Å². The average molecular weight is 395 g/mol. The van der Waals surface area contributed by atoms with Crippen molar-refractivity contribution >= 4 is 0 Å². The number of morpholine rings is 1. The fourth-order valence-corrected chi connectivity index (χ4v) is 3.71. The zero-order valence-electron chi connectivity index (χ0n) is 16.0. The number of aromatic nitrogens is 4. The van der Waals surface area contributed by atoms with Gasteiger partial charge >= 0.3 is 0 Å². The smallest absolute Gasteiger partial charge is 0.231 e. The molecule has 1 unspecified atom stereocenters. The summed E-state index contributed by atoms with van der Waals surface area (Å²) in [4.78, 5) is 2.33. The van der Waals surface area contributed by atoms with Crippen LogP contribution in [0.2, 0.25) is 0 Å². The van der Waals surface area contributed by atoms with E-state index in [1.54, 1.807) is 11.8 Å². The van der Waals surface area contributed by atoms with Gasteiger partial charge in [-0.1, -0.05) is 6.07 Å². The highest BCUT2D eigenvalue weighted by molar-refractivity contribution is 5.47. The second kappa shape index (κ2) is 7.69. The van der Waals surface area contributed by atoms with E-state index in [0.717, 1.165) is 47.4 Å². The van der Waals surface area contributed by atoms with Gasteiger partial charge in [0, 0.05) is 13.1 Å². The van der Waals surface area contributed by atoms with Crippen LogP contribution < -0.4 is 14.2 Å². The first-order chi connectivity index (χ1) is 14.3. The predicted octanol–water partition coefficient (Wildman–Crippen LogP) is 1.82. The van der Waals surface area contributed by atoms with Crippen LogP contribution in [0.1, 0.15) is 17.4 Å². The molecule has 1 fully saturated rings. The topological polar surface area (TPSA) is 83.8 Å². The van der Waals surface area contributed by atoms with Crippen molar-refractivity contribution in [3.63, 3.8) is 0 Å². The molecule has 150 valence electrons. The first-order valence-corrected chi connectivity index (χ1v) is 9.47. The number of tetrazole rings is 1. The van der Waals surface area contributed by atoms with Gasteiger partial charge in [0.15, 0.2) is 17.3 Å². The quantitative estimate of drug-likeness (QED) is 0.647. The Kier molecular flexibility index (Phi) is 4.74. The largest absolute Gasteiger partial charge is 0.497 e. The summed E-state index contributed by atoms with van der Waals surface area (Å²) in [5.41, 5.74) is 1.91. The highest BCUT2D eigenvalue weighted by Gasteiger charge is 2.31. The number of nitrogens with zero attached hydrogens (tertiary/aromatic N) is 5. The summed E-state index contributed by atoms with van der Waals surface area (Å²) < 4.78 is 23.7. The van der Waals surface area contributed by atoms with E-state index in [-0.39, 0.29) is 12.8 Å². The number of methoxy groups -OCH3 is 1. The van der Waals surface area contributed by atoms with Crippen molar-refractivity contribution in [3.8, 4) is 22.9 Å². The third-order valence-electron chi connectivity index (χ3n) is 5.18. The van der Waals surface area contributed by atoms with Crippen LogP contribution in [0.4, 0.5) is 0 Å². The molecule has 0 bridgehead atoms. The molecule has 0 N–H and O–H groups in total. The minimum absolute atomic E-state index is 0.148. The Morgan fingerprint density at radius 3 is 2.59 bits per heavy atom. The molecule has 1 saturated heterocycles. The molecule has 2 aromatic carbocycles. The molecule has 0 saturated carbocycles. The first-order valence-electron chi connectivity index (χ1n) is 9.47. The number of fused-ring (bicyclic) bond motifs is 1. The average Bonchev–Trinajstić information content (AvgIpc) is 3.44. The number of rotatable bonds is 5. The molecule has 1 aromatic heterocycles. The van der Waals surface area contributed by atoms with Crippen molar-refractivity contribution in [3.05, 3.63) is 53.9 Å². The maximum absolute atomic E-state index is 5.60. The monoisotopic (exact) mass is 395 g/mol. The van der Waals surface area contributed by atoms with Gasteiger partial charge in [-0.15, -0.1) is 5.10 Å². The van der Waals surface area contributed by atoms with Gasteiger partial charge < -0.3 is 18.9 Å². The van der Waals surface area contributed by atoms with E-state index in [2.05, 4.69) is 20.4 Å². The van der Waals surface area contributed by atoms with Crippen molar-refractivity contribution in [1.82, 2.24) is 25.1 Å². The van der Waals surface area contributed by atoms with Crippen molar-refractivity contribution in [2.75, 3.05) is 40.2 Å². The van der Waals surface area contributed by atoms with Crippen LogP contribution >= 0.6 is 0 Å². The fraction of sp³-hybridized carbons (Fsp3) is 0.350. The maximum Gasteiger partial charge on any atom is 0.231 e. The molecule has 0 spiro atoms. The Balaban J connectivity index is 1.57. The molecular formula is C20H21N5O4. The molecule has 3 heterocycles. The summed E-state index contributed by atoms with van der Waals surface area (Å²) in [6, 6.07) is 13.5. The van der Waals surface area contributed by atoms with Gasteiger partial charge in [-0.2, -0.15) is 4.68 Å². The van der Waals surface area contributed by atoms with Crippen molar-refractivity contribution in [2.45, 2.75) is 6.04 Å². The van der Waals surface area contributed by atoms with Crippen LogP contribution in [-0.2, 0) is 4.74 Å². The standard InChI is InChI=1S/C20H21N5O4/c1-26-16-5-3-15(4-6-16)25-20(21-22-23-25)19(24-8-10-27-11-9-24)14-2-7-17-18(12-14)29-13-28-17/h2-7,12,19H,8-11,13H2,1H3. The Morgan fingerprint density at radius 1 is 1.00 bits per heavy atom. The second-order valence-corrected chi connectivity index (χ2v) is 6.81. The summed E-state index contributed by atoms with van der Waals surface area (Å²) in [7, 11) is 1.64. The summed E-state index contributed by atoms with van der Waals surface area (Å²) in [6.45, 7) is 3.16. The number of hydrogen-bond donors (Lipinski definition) is 0. The van der Waals surface area contributed by atoms with Gasteiger partial charge in [0.2, 0.25) is 6.79 Å². The molecule has 2 aliphatic rings. The van der Waals surface area contributed by atoms with Gasteiger partial charge in [0.1, 0.15) is 5.75 Å². The lowest BCUT2D eigenvalue weighted by molar-refractivity contribution is 0.0220. The normalized spacial score (nSPS) is 17.3. The van der Waals surface area contributed by atoms with E-state index in [1.165, 1.54) is 0 Å². The summed E-state index contributed by atoms with van der Waals surface area (Å²) in [6.07, 6.45) is 0. The van der Waals surface area contributed by atoms with E-state index < -0.39 is 0 Å². The number of benzene rings is 2. The van der Waals surface area contributed by atoms with Gasteiger partial charge in [-0.25, -0.2) is 0 Å². The summed E-state index contributed by atoms with van der Waals surface area (Å²) >= 11 is 0. The lowest BCUT2D eigenvalue weighted by atomic mass is 10.0. The summed E-state index contributed by atoms with van der Waals surface area (Å²) in [5, 5.41) is 12.6. The Hall–Kier alpha value is -3.17. The first kappa shape index (κ1) is 17.9. The van der Waals surface area contributed by atoms with Crippen LogP contribution in [0.5, 0.6) is 17.2 Å². The molecular weight excluding hydrogens is 374 g/mol. The molecule has 0 radical (unpaired) electrons. The highest BCUT2D eigenvalue weighted by atomic mass is 16.7. The summed E-state index contributed by atoms with van der Waals surface area (Å²) in [5.74, 6) is 3.01. The fourth-order valence-electron chi connectivity index (χ4n) is 3.71. The lowest BCUT2D eigenvalue weighted by Gasteiger charge is -2.34. The van der Waals surface area contributed by atoms with Crippen LogP contribution in [0.25, 0.3) is 5.69 Å². The van der Waals surface area contributed by atoms with Crippen LogP contribution in [0.15, 0.2) is 42.5 Å². The SMILES string of the molecule is COc1ccc(-n2nnnc2C(c2ccc3c(c2)OCO3)N2CCOCC2)cc1. The molecule has 0 aliphatic carbocycles. The van der Waals surface area contributed by atoms with Gasteiger partial charge in [-0.3, -0.25) is 4.90 Å². The van der Waals surface area contributed by atoms with Crippen LogP contribution in [-0.4, -0.2) is 65.3 Å². The van der Waals surface area contributed by atoms with Crippen molar-refractivity contribution < 1.29 is 18.9 Å². The van der Waals surface area contributed by atoms with Crippen LogP contribution in [0, 0.1) is 0 Å². The zero-order chi connectivity index (χ0) is 19.6. The molecule has 9 nitrogen and oxygen atoms in total. The molecule has 0 amide bonds. The zero-order valence-corrected chi connectivity index (χ0v) is 16.0. The number of ether oxygens (including phenoxy) is 4. The molecule has 5 rings (SSSR count).